The van der Waals surface area contributed by atoms with Gasteiger partial charge in [0.05, 0.1) is 0 Å². The number of aromatic nitrogens is 3. The van der Waals surface area contributed by atoms with Gasteiger partial charge in [0.1, 0.15) is 0 Å². The zero-order valence-electron chi connectivity index (χ0n) is 9.95. The van der Waals surface area contributed by atoms with Crippen molar-refractivity contribution in [1.29, 1.82) is 0 Å². The number of sulfonamides is 1. The monoisotopic (exact) mass is 338 g/mol. The summed E-state index contributed by atoms with van der Waals surface area (Å²) < 4.78 is 27.7. The molecule has 0 bridgehead atoms. The molecule has 0 aliphatic carbocycles. The lowest BCUT2D eigenvalue weighted by Gasteiger charge is -2.16. The fourth-order valence-electron chi connectivity index (χ4n) is 2.15. The van der Waals surface area contributed by atoms with Crippen LogP contribution < -0.4 is 0 Å². The molecular weight excluding hydrogens is 324 g/mol. The topological polar surface area (TPSA) is 88.3 Å². The van der Waals surface area contributed by atoms with E-state index in [1.165, 1.54) is 8.99 Å². The quantitative estimate of drug-likeness (QED) is 0.832. The zero-order chi connectivity index (χ0) is 13.3. The third-order valence-electron chi connectivity index (χ3n) is 3.11. The van der Waals surface area contributed by atoms with Crippen LogP contribution in [0.4, 0.5) is 0 Å². The predicted molar refractivity (Wildman–Crippen MR) is 67.3 cm³/mol. The molecule has 7 nitrogen and oxygen atoms in total. The van der Waals surface area contributed by atoms with Crippen molar-refractivity contribution in [2.75, 3.05) is 19.7 Å². The molecular formula is C9H15BrN4O3S. The number of hydrogen-bond acceptors (Lipinski definition) is 5. The van der Waals surface area contributed by atoms with Crippen molar-refractivity contribution in [2.45, 2.75) is 17.9 Å². The fraction of sp³-hybridized carbons (Fsp3) is 0.778. The van der Waals surface area contributed by atoms with E-state index in [0.29, 0.717) is 19.5 Å². The third kappa shape index (κ3) is 2.44. The molecule has 0 amide bonds. The SMILES string of the molecule is Cn1nnc(Br)c1S(=O)(=O)N1CCC(CCO)C1. The van der Waals surface area contributed by atoms with Crippen molar-refractivity contribution in [3.05, 3.63) is 4.60 Å². The second-order valence-electron chi connectivity index (χ2n) is 4.34. The number of aliphatic hydroxyl groups excluding tert-OH is 1. The van der Waals surface area contributed by atoms with Gasteiger partial charge in [0.25, 0.3) is 10.0 Å². The van der Waals surface area contributed by atoms with Crippen molar-refractivity contribution in [2.24, 2.45) is 13.0 Å². The highest BCUT2D eigenvalue weighted by molar-refractivity contribution is 9.10. The standard InChI is InChI=1S/C9H15BrN4O3S/c1-13-9(8(10)11-12-13)18(16,17)14-4-2-7(6-14)3-5-15/h7,15H,2-6H2,1H3. The maximum absolute atomic E-state index is 12.4. The molecule has 0 saturated carbocycles. The van der Waals surface area contributed by atoms with Crippen LogP contribution in [0.25, 0.3) is 0 Å². The van der Waals surface area contributed by atoms with Crippen LogP contribution in [0.2, 0.25) is 0 Å². The Balaban J connectivity index is 2.23. The summed E-state index contributed by atoms with van der Waals surface area (Å²) in [5.41, 5.74) is 0. The van der Waals surface area contributed by atoms with E-state index in [0.717, 1.165) is 6.42 Å². The van der Waals surface area contributed by atoms with E-state index in [-0.39, 0.29) is 22.2 Å². The van der Waals surface area contributed by atoms with E-state index in [2.05, 4.69) is 26.2 Å². The van der Waals surface area contributed by atoms with Gasteiger partial charge < -0.3 is 5.11 Å². The van der Waals surface area contributed by atoms with Gasteiger partial charge in [-0.3, -0.25) is 0 Å². The van der Waals surface area contributed by atoms with Crippen LogP contribution in [0.15, 0.2) is 9.63 Å². The molecule has 1 aromatic rings. The second-order valence-corrected chi connectivity index (χ2v) is 6.94. The molecule has 2 heterocycles. The number of aryl methyl sites for hydroxylation is 1. The number of rotatable bonds is 4. The minimum Gasteiger partial charge on any atom is -0.396 e. The molecule has 0 spiro atoms. The van der Waals surface area contributed by atoms with Gasteiger partial charge in [0, 0.05) is 26.7 Å². The number of hydrogen-bond donors (Lipinski definition) is 1. The number of halogens is 1. The van der Waals surface area contributed by atoms with Gasteiger partial charge >= 0.3 is 0 Å². The average Bonchev–Trinajstić information content (AvgIpc) is 2.87. The lowest BCUT2D eigenvalue weighted by Crippen LogP contribution is -2.30. The molecule has 1 N–H and O–H groups in total. The smallest absolute Gasteiger partial charge is 0.263 e. The van der Waals surface area contributed by atoms with Crippen molar-refractivity contribution >= 4 is 26.0 Å². The van der Waals surface area contributed by atoms with Gasteiger partial charge in [-0.2, -0.15) is 4.31 Å². The summed E-state index contributed by atoms with van der Waals surface area (Å²) in [6.07, 6.45) is 1.42. The Morgan fingerprint density at radius 2 is 2.28 bits per heavy atom. The molecule has 1 aliphatic rings. The molecule has 2 rings (SSSR count). The fourth-order valence-corrected chi connectivity index (χ4v) is 4.72. The van der Waals surface area contributed by atoms with Crippen LogP contribution in [0.1, 0.15) is 12.8 Å². The summed E-state index contributed by atoms with van der Waals surface area (Å²) in [6, 6.07) is 0. The first kappa shape index (κ1) is 13.9. The van der Waals surface area contributed by atoms with Crippen LogP contribution in [0.3, 0.4) is 0 Å². The van der Waals surface area contributed by atoms with Crippen molar-refractivity contribution in [1.82, 2.24) is 19.3 Å². The van der Waals surface area contributed by atoms with Crippen LogP contribution in [-0.4, -0.2) is 52.5 Å². The predicted octanol–water partition coefficient (Wildman–Crippen LogP) is -0.0294. The van der Waals surface area contributed by atoms with E-state index in [9.17, 15) is 8.42 Å². The van der Waals surface area contributed by atoms with Gasteiger partial charge in [-0.05, 0) is 34.7 Å². The van der Waals surface area contributed by atoms with E-state index in [1.54, 1.807) is 7.05 Å². The van der Waals surface area contributed by atoms with Gasteiger partial charge in [0.2, 0.25) is 5.03 Å². The van der Waals surface area contributed by atoms with E-state index in [4.69, 9.17) is 5.11 Å². The molecule has 9 heteroatoms. The zero-order valence-corrected chi connectivity index (χ0v) is 12.4. The Labute approximate surface area is 114 Å². The van der Waals surface area contributed by atoms with Gasteiger partial charge in [-0.1, -0.05) is 5.21 Å². The Morgan fingerprint density at radius 1 is 1.56 bits per heavy atom. The highest BCUT2D eigenvalue weighted by atomic mass is 79.9. The molecule has 1 fully saturated rings. The van der Waals surface area contributed by atoms with Gasteiger partial charge in [-0.15, -0.1) is 5.10 Å². The molecule has 0 aromatic carbocycles. The first-order valence-corrected chi connectivity index (χ1v) is 7.86. The second kappa shape index (κ2) is 5.24. The molecule has 1 aliphatic heterocycles. The summed E-state index contributed by atoms with van der Waals surface area (Å²) in [4.78, 5) is 0. The number of aliphatic hydroxyl groups is 1. The first-order valence-electron chi connectivity index (χ1n) is 5.63. The minimum atomic E-state index is -3.57. The molecule has 102 valence electrons. The van der Waals surface area contributed by atoms with E-state index in [1.807, 2.05) is 0 Å². The largest absolute Gasteiger partial charge is 0.396 e. The Morgan fingerprint density at radius 3 is 2.83 bits per heavy atom. The van der Waals surface area contributed by atoms with Crippen LogP contribution >= 0.6 is 15.9 Å². The third-order valence-corrected chi connectivity index (χ3v) is 5.86. The normalized spacial score (nSPS) is 21.6. The summed E-state index contributed by atoms with van der Waals surface area (Å²) in [7, 11) is -2.02. The molecule has 0 radical (unpaired) electrons. The van der Waals surface area contributed by atoms with Gasteiger partial charge in [-0.25, -0.2) is 13.1 Å². The Hall–Kier alpha value is -0.510. The average molecular weight is 339 g/mol. The summed E-state index contributed by atoms with van der Waals surface area (Å²) in [6.45, 7) is 1.01. The maximum atomic E-state index is 12.4. The lowest BCUT2D eigenvalue weighted by atomic mass is 10.1. The van der Waals surface area contributed by atoms with E-state index >= 15 is 0 Å². The van der Waals surface area contributed by atoms with Crippen molar-refractivity contribution < 1.29 is 13.5 Å². The maximum Gasteiger partial charge on any atom is 0.263 e. The highest BCUT2D eigenvalue weighted by Gasteiger charge is 2.35. The molecule has 1 atom stereocenters. The van der Waals surface area contributed by atoms with Crippen molar-refractivity contribution in [3.63, 3.8) is 0 Å². The van der Waals surface area contributed by atoms with Crippen molar-refractivity contribution in [3.8, 4) is 0 Å². The molecule has 1 aromatic heterocycles. The van der Waals surface area contributed by atoms with Crippen LogP contribution in [0.5, 0.6) is 0 Å². The molecule has 18 heavy (non-hydrogen) atoms. The Bertz CT molecular complexity index is 510. The summed E-state index contributed by atoms with van der Waals surface area (Å²) >= 11 is 3.11. The van der Waals surface area contributed by atoms with E-state index < -0.39 is 10.0 Å². The molecule has 1 unspecified atom stereocenters. The van der Waals surface area contributed by atoms with Crippen LogP contribution in [-0.2, 0) is 17.1 Å². The molecule has 1 saturated heterocycles. The first-order chi connectivity index (χ1) is 8.46. The lowest BCUT2D eigenvalue weighted by molar-refractivity contribution is 0.259. The van der Waals surface area contributed by atoms with Crippen LogP contribution in [0, 0.1) is 5.92 Å². The Kier molecular flexibility index (Phi) is 4.05. The minimum absolute atomic E-state index is 0.0761. The van der Waals surface area contributed by atoms with Gasteiger partial charge in [0.15, 0.2) is 4.60 Å². The summed E-state index contributed by atoms with van der Waals surface area (Å²) in [5, 5.41) is 16.3. The summed E-state index contributed by atoms with van der Waals surface area (Å²) in [5.74, 6) is 0.227. The number of nitrogens with zero attached hydrogens (tertiary/aromatic N) is 4. The highest BCUT2D eigenvalue weighted by Crippen LogP contribution is 2.28.